The molecule has 0 aliphatic rings. The lowest BCUT2D eigenvalue weighted by molar-refractivity contribution is 1.25. The number of aryl methyl sites for hydroxylation is 1. The highest BCUT2D eigenvalue weighted by atomic mass is 15.0. The molecule has 0 fully saturated rings. The maximum absolute atomic E-state index is 4.37. The van der Waals surface area contributed by atoms with Crippen molar-refractivity contribution in [2.45, 2.75) is 6.92 Å². The SMILES string of the molecule is C=C(/C=C\c1c(C)[nH]c2ccccc12)n1c2ccccc2c2ccccc21. The van der Waals surface area contributed by atoms with E-state index in [2.05, 4.69) is 108 Å². The number of nitrogens with one attached hydrogen (secondary N) is 1. The van der Waals surface area contributed by atoms with Gasteiger partial charge in [0.15, 0.2) is 0 Å². The van der Waals surface area contributed by atoms with Crippen LogP contribution in [0.3, 0.4) is 0 Å². The van der Waals surface area contributed by atoms with Crippen LogP contribution < -0.4 is 0 Å². The number of allylic oxidation sites excluding steroid dienone is 2. The summed E-state index contributed by atoms with van der Waals surface area (Å²) in [4.78, 5) is 3.46. The minimum Gasteiger partial charge on any atom is -0.358 e. The van der Waals surface area contributed by atoms with Crippen molar-refractivity contribution in [2.24, 2.45) is 0 Å². The van der Waals surface area contributed by atoms with Crippen LogP contribution in [0.4, 0.5) is 0 Å². The number of aromatic nitrogens is 2. The highest BCUT2D eigenvalue weighted by molar-refractivity contribution is 6.10. The highest BCUT2D eigenvalue weighted by Gasteiger charge is 2.11. The van der Waals surface area contributed by atoms with Gasteiger partial charge in [-0.3, -0.25) is 0 Å². The van der Waals surface area contributed by atoms with Gasteiger partial charge >= 0.3 is 0 Å². The monoisotopic (exact) mass is 348 g/mol. The van der Waals surface area contributed by atoms with E-state index in [4.69, 9.17) is 0 Å². The van der Waals surface area contributed by atoms with Gasteiger partial charge in [-0.2, -0.15) is 0 Å². The minimum atomic E-state index is 0.956. The Kier molecular flexibility index (Phi) is 3.51. The van der Waals surface area contributed by atoms with Crippen molar-refractivity contribution >= 4 is 44.5 Å². The van der Waals surface area contributed by atoms with E-state index >= 15 is 0 Å². The molecular formula is C25H20N2. The van der Waals surface area contributed by atoms with Gasteiger partial charge in [0.2, 0.25) is 0 Å². The average Bonchev–Trinajstić information content (AvgIpc) is 3.20. The third-order valence-corrected chi connectivity index (χ3v) is 5.25. The number of H-pyrrole nitrogens is 1. The zero-order valence-electron chi connectivity index (χ0n) is 15.2. The normalized spacial score (nSPS) is 11.9. The fourth-order valence-electron chi connectivity index (χ4n) is 4.00. The Morgan fingerprint density at radius 3 is 2.04 bits per heavy atom. The number of nitrogens with zero attached hydrogens (tertiary/aromatic N) is 1. The fraction of sp³-hybridized carbons (Fsp3) is 0.0400. The van der Waals surface area contributed by atoms with Gasteiger partial charge in [-0.05, 0) is 31.2 Å². The Hall–Kier alpha value is -3.52. The summed E-state index contributed by atoms with van der Waals surface area (Å²) >= 11 is 0. The Labute approximate surface area is 158 Å². The van der Waals surface area contributed by atoms with Crippen LogP contribution in [0, 0.1) is 6.92 Å². The first-order chi connectivity index (χ1) is 13.2. The van der Waals surface area contributed by atoms with Crippen LogP contribution in [0.1, 0.15) is 11.3 Å². The first-order valence-corrected chi connectivity index (χ1v) is 9.17. The molecule has 5 rings (SSSR count). The summed E-state index contributed by atoms with van der Waals surface area (Å²) < 4.78 is 2.24. The summed E-state index contributed by atoms with van der Waals surface area (Å²) in [5.41, 5.74) is 6.87. The van der Waals surface area contributed by atoms with Gasteiger partial charge in [0.25, 0.3) is 0 Å². The number of benzene rings is 3. The lowest BCUT2D eigenvalue weighted by Gasteiger charge is -2.07. The minimum absolute atomic E-state index is 0.956. The van der Waals surface area contributed by atoms with Crippen molar-refractivity contribution in [1.82, 2.24) is 9.55 Å². The summed E-state index contributed by atoms with van der Waals surface area (Å²) in [5, 5.41) is 3.75. The van der Waals surface area contributed by atoms with Gasteiger partial charge in [0.05, 0.1) is 11.0 Å². The van der Waals surface area contributed by atoms with E-state index in [1.807, 2.05) is 0 Å². The molecule has 1 N–H and O–H groups in total. The lowest BCUT2D eigenvalue weighted by atomic mass is 10.1. The first-order valence-electron chi connectivity index (χ1n) is 9.17. The van der Waals surface area contributed by atoms with Gasteiger partial charge < -0.3 is 9.55 Å². The molecule has 0 spiro atoms. The molecule has 0 atom stereocenters. The maximum Gasteiger partial charge on any atom is 0.0540 e. The highest BCUT2D eigenvalue weighted by Crippen LogP contribution is 2.32. The van der Waals surface area contributed by atoms with Gasteiger partial charge in [0.1, 0.15) is 0 Å². The van der Waals surface area contributed by atoms with E-state index in [0.717, 1.165) is 11.2 Å². The Balaban J connectivity index is 1.66. The molecule has 0 amide bonds. The summed E-state index contributed by atoms with van der Waals surface area (Å²) in [6, 6.07) is 25.4. The average molecular weight is 348 g/mol. The summed E-state index contributed by atoms with van der Waals surface area (Å²) in [5.74, 6) is 0. The van der Waals surface area contributed by atoms with Crippen LogP contribution in [0.2, 0.25) is 0 Å². The zero-order chi connectivity index (χ0) is 18.4. The van der Waals surface area contributed by atoms with E-state index in [-0.39, 0.29) is 0 Å². The van der Waals surface area contributed by atoms with E-state index in [9.17, 15) is 0 Å². The Morgan fingerprint density at radius 2 is 1.37 bits per heavy atom. The summed E-state index contributed by atoms with van der Waals surface area (Å²) in [7, 11) is 0. The molecule has 0 saturated carbocycles. The molecule has 2 heterocycles. The van der Waals surface area contributed by atoms with Gasteiger partial charge in [0, 0.05) is 38.6 Å². The van der Waals surface area contributed by atoms with Crippen LogP contribution in [0.5, 0.6) is 0 Å². The van der Waals surface area contributed by atoms with Gasteiger partial charge in [-0.15, -0.1) is 0 Å². The smallest absolute Gasteiger partial charge is 0.0540 e. The predicted molar refractivity (Wildman–Crippen MR) is 117 cm³/mol. The van der Waals surface area contributed by atoms with E-state index < -0.39 is 0 Å². The zero-order valence-corrected chi connectivity index (χ0v) is 15.2. The Bertz CT molecular complexity index is 1290. The lowest BCUT2D eigenvalue weighted by Crippen LogP contribution is -1.92. The first kappa shape index (κ1) is 15.7. The van der Waals surface area contributed by atoms with Crippen molar-refractivity contribution in [1.29, 1.82) is 0 Å². The van der Waals surface area contributed by atoms with Crippen molar-refractivity contribution in [2.75, 3.05) is 0 Å². The fourth-order valence-corrected chi connectivity index (χ4v) is 4.00. The second-order valence-electron chi connectivity index (χ2n) is 6.90. The van der Waals surface area contributed by atoms with Crippen LogP contribution in [-0.2, 0) is 0 Å². The molecule has 0 radical (unpaired) electrons. The molecule has 3 aromatic carbocycles. The van der Waals surface area contributed by atoms with Crippen molar-refractivity contribution in [3.8, 4) is 0 Å². The molecule has 5 aromatic rings. The second-order valence-corrected chi connectivity index (χ2v) is 6.90. The molecule has 0 aliphatic heterocycles. The molecular weight excluding hydrogens is 328 g/mol. The standard InChI is InChI=1S/C25H20N2/c1-17(15-16-19-18(2)26-23-12-6-3-9-20(19)23)27-24-13-7-4-10-21(24)22-11-5-8-14-25(22)27/h3-16,26H,1H2,2H3/b16-15-. The molecule has 0 bridgehead atoms. The molecule has 0 aliphatic carbocycles. The topological polar surface area (TPSA) is 20.7 Å². The number of fused-ring (bicyclic) bond motifs is 4. The molecule has 27 heavy (non-hydrogen) atoms. The summed E-state index contributed by atoms with van der Waals surface area (Å²) in [6.45, 7) is 6.49. The second kappa shape index (κ2) is 6.03. The number of rotatable bonds is 3. The van der Waals surface area contributed by atoms with Gasteiger partial charge in [-0.25, -0.2) is 0 Å². The third kappa shape index (κ3) is 2.42. The van der Waals surface area contributed by atoms with Crippen LogP contribution in [0.15, 0.2) is 85.5 Å². The molecule has 0 unspecified atom stereocenters. The predicted octanol–water partition coefficient (Wildman–Crippen LogP) is 6.77. The molecule has 2 nitrogen and oxygen atoms in total. The van der Waals surface area contributed by atoms with Crippen molar-refractivity contribution in [3.63, 3.8) is 0 Å². The van der Waals surface area contributed by atoms with E-state index in [0.29, 0.717) is 0 Å². The Morgan fingerprint density at radius 1 is 0.815 bits per heavy atom. The molecule has 130 valence electrons. The number of hydrogen-bond donors (Lipinski definition) is 1. The number of para-hydroxylation sites is 3. The molecule has 0 saturated heterocycles. The summed E-state index contributed by atoms with van der Waals surface area (Å²) in [6.07, 6.45) is 4.28. The van der Waals surface area contributed by atoms with Gasteiger partial charge in [-0.1, -0.05) is 67.3 Å². The quantitative estimate of drug-likeness (QED) is 0.347. The van der Waals surface area contributed by atoms with Crippen LogP contribution in [-0.4, -0.2) is 9.55 Å². The largest absolute Gasteiger partial charge is 0.358 e. The third-order valence-electron chi connectivity index (χ3n) is 5.25. The number of aromatic amines is 1. The van der Waals surface area contributed by atoms with E-state index in [1.54, 1.807) is 0 Å². The number of hydrogen-bond acceptors (Lipinski definition) is 0. The van der Waals surface area contributed by atoms with Crippen LogP contribution >= 0.6 is 0 Å². The molecule has 2 aromatic heterocycles. The van der Waals surface area contributed by atoms with Crippen LogP contribution in [0.25, 0.3) is 44.5 Å². The van der Waals surface area contributed by atoms with Crippen molar-refractivity contribution < 1.29 is 0 Å². The maximum atomic E-state index is 4.37. The van der Waals surface area contributed by atoms with Crippen molar-refractivity contribution in [3.05, 3.63) is 96.7 Å². The van der Waals surface area contributed by atoms with E-state index in [1.165, 1.54) is 38.4 Å². The molecule has 2 heteroatoms.